The van der Waals surface area contributed by atoms with Crippen molar-refractivity contribution in [3.8, 4) is 0 Å². The summed E-state index contributed by atoms with van der Waals surface area (Å²) >= 11 is 11.1. The Morgan fingerprint density at radius 1 is 1.24 bits per heavy atom. The smallest absolute Gasteiger partial charge is 0.191 e. The zero-order chi connectivity index (χ0) is 15.5. The van der Waals surface area contributed by atoms with Gasteiger partial charge < -0.3 is 5.32 Å². The van der Waals surface area contributed by atoms with E-state index in [-0.39, 0.29) is 5.41 Å². The van der Waals surface area contributed by atoms with Gasteiger partial charge >= 0.3 is 0 Å². The minimum atomic E-state index is 0.255. The van der Waals surface area contributed by atoms with Crippen molar-refractivity contribution in [2.75, 3.05) is 5.32 Å². The van der Waals surface area contributed by atoms with Crippen LogP contribution < -0.4 is 10.7 Å². The van der Waals surface area contributed by atoms with Crippen molar-refractivity contribution in [1.82, 2.24) is 5.43 Å². The Balaban J connectivity index is 1.95. The van der Waals surface area contributed by atoms with Gasteiger partial charge in [0.15, 0.2) is 5.11 Å². The molecule has 0 unspecified atom stereocenters. The van der Waals surface area contributed by atoms with Crippen molar-refractivity contribution in [2.45, 2.75) is 33.6 Å². The van der Waals surface area contributed by atoms with Crippen LogP contribution >= 0.6 is 23.8 Å². The van der Waals surface area contributed by atoms with Crippen LogP contribution in [-0.4, -0.2) is 10.8 Å². The molecule has 1 aliphatic rings. The Morgan fingerprint density at radius 2 is 1.90 bits per heavy atom. The normalized spacial score (nSPS) is 19.0. The lowest BCUT2D eigenvalue weighted by atomic mass is 9.77. The van der Waals surface area contributed by atoms with Gasteiger partial charge in [0.05, 0.1) is 5.71 Å². The highest BCUT2D eigenvalue weighted by atomic mass is 35.5. The molecule has 0 bridgehead atoms. The summed E-state index contributed by atoms with van der Waals surface area (Å²) < 4.78 is 0. The molecule has 1 aromatic carbocycles. The first kappa shape index (κ1) is 16.0. The topological polar surface area (TPSA) is 36.4 Å². The number of thiocarbonyl (C=S) groups is 1. The van der Waals surface area contributed by atoms with Crippen LogP contribution in [0.1, 0.15) is 33.6 Å². The summed E-state index contributed by atoms with van der Waals surface area (Å²) in [5.74, 6) is 0. The molecule has 2 rings (SSSR count). The Morgan fingerprint density at radius 3 is 2.52 bits per heavy atom. The molecule has 0 saturated carbocycles. The SMILES string of the molecule is CC1=C/C(=N/NC(=S)Nc2ccc(Cl)cc2)CC(C)(C)C1. The number of halogens is 1. The molecule has 112 valence electrons. The molecule has 0 heterocycles. The zero-order valence-corrected chi connectivity index (χ0v) is 14.1. The highest BCUT2D eigenvalue weighted by Gasteiger charge is 2.24. The minimum Gasteiger partial charge on any atom is -0.331 e. The van der Waals surface area contributed by atoms with E-state index in [9.17, 15) is 0 Å². The second kappa shape index (κ2) is 6.58. The van der Waals surface area contributed by atoms with E-state index in [0.29, 0.717) is 10.1 Å². The molecule has 5 heteroatoms. The quantitative estimate of drug-likeness (QED) is 0.609. The Labute approximate surface area is 136 Å². The third kappa shape index (κ3) is 5.14. The third-order valence-electron chi connectivity index (χ3n) is 3.23. The van der Waals surface area contributed by atoms with E-state index in [4.69, 9.17) is 23.8 Å². The number of hydrogen-bond acceptors (Lipinski definition) is 2. The highest BCUT2D eigenvalue weighted by molar-refractivity contribution is 7.80. The van der Waals surface area contributed by atoms with Crippen LogP contribution in [0.2, 0.25) is 5.02 Å². The summed E-state index contributed by atoms with van der Waals surface area (Å²) in [6.07, 6.45) is 4.18. The van der Waals surface area contributed by atoms with Gasteiger partial charge in [-0.2, -0.15) is 5.10 Å². The molecule has 0 radical (unpaired) electrons. The van der Waals surface area contributed by atoms with Crippen molar-refractivity contribution in [1.29, 1.82) is 0 Å². The van der Waals surface area contributed by atoms with Gasteiger partial charge in [-0.25, -0.2) is 0 Å². The fourth-order valence-electron chi connectivity index (χ4n) is 2.58. The predicted molar refractivity (Wildman–Crippen MR) is 95.0 cm³/mol. The van der Waals surface area contributed by atoms with Crippen LogP contribution in [0.5, 0.6) is 0 Å². The summed E-state index contributed by atoms with van der Waals surface area (Å²) in [6, 6.07) is 7.37. The van der Waals surface area contributed by atoms with Crippen LogP contribution in [0.15, 0.2) is 41.0 Å². The van der Waals surface area contributed by atoms with Crippen LogP contribution in [0.25, 0.3) is 0 Å². The van der Waals surface area contributed by atoms with Gasteiger partial charge in [0, 0.05) is 10.7 Å². The van der Waals surface area contributed by atoms with Crippen molar-refractivity contribution in [3.05, 3.63) is 40.9 Å². The molecule has 0 aliphatic heterocycles. The van der Waals surface area contributed by atoms with Gasteiger partial charge in [0.25, 0.3) is 0 Å². The minimum absolute atomic E-state index is 0.255. The average molecular weight is 322 g/mol. The fourth-order valence-corrected chi connectivity index (χ4v) is 2.87. The van der Waals surface area contributed by atoms with E-state index in [2.05, 4.69) is 42.7 Å². The van der Waals surface area contributed by atoms with Crippen molar-refractivity contribution < 1.29 is 0 Å². The molecule has 2 N–H and O–H groups in total. The van der Waals surface area contributed by atoms with Gasteiger partial charge in [0.1, 0.15) is 0 Å². The Bertz CT molecular complexity index is 588. The first-order chi connectivity index (χ1) is 9.84. The first-order valence-corrected chi connectivity index (χ1v) is 7.69. The van der Waals surface area contributed by atoms with Gasteiger partial charge in [-0.3, -0.25) is 5.43 Å². The highest BCUT2D eigenvalue weighted by Crippen LogP contribution is 2.33. The molecule has 0 atom stereocenters. The lowest BCUT2D eigenvalue weighted by molar-refractivity contribution is 0.373. The number of rotatable bonds is 2. The van der Waals surface area contributed by atoms with Gasteiger partial charge in [-0.05, 0) is 67.7 Å². The molecular formula is C16H20ClN3S. The average Bonchev–Trinajstić information content (AvgIpc) is 2.37. The standard InChI is InChI=1S/C16H20ClN3S/c1-11-8-14(10-16(2,3)9-11)19-20-15(21)18-13-6-4-12(17)5-7-13/h4-8H,9-10H2,1-3H3,(H2,18,20,21)/b19-14-. The summed E-state index contributed by atoms with van der Waals surface area (Å²) in [6.45, 7) is 6.65. The largest absolute Gasteiger partial charge is 0.331 e. The van der Waals surface area contributed by atoms with E-state index >= 15 is 0 Å². The lowest BCUT2D eigenvalue weighted by Gasteiger charge is -2.29. The second-order valence-corrected chi connectivity index (χ2v) is 7.03. The molecule has 1 aliphatic carbocycles. The van der Waals surface area contributed by atoms with Crippen LogP contribution in [-0.2, 0) is 0 Å². The van der Waals surface area contributed by atoms with E-state index in [1.165, 1.54) is 5.57 Å². The van der Waals surface area contributed by atoms with Crippen molar-refractivity contribution in [2.24, 2.45) is 10.5 Å². The van der Waals surface area contributed by atoms with E-state index < -0.39 is 0 Å². The van der Waals surface area contributed by atoms with Gasteiger partial charge in [-0.1, -0.05) is 31.0 Å². The van der Waals surface area contributed by atoms with Gasteiger partial charge in [0.2, 0.25) is 0 Å². The third-order valence-corrected chi connectivity index (χ3v) is 3.68. The van der Waals surface area contributed by atoms with E-state index in [0.717, 1.165) is 24.2 Å². The number of nitrogens with zero attached hydrogens (tertiary/aromatic N) is 1. The number of hydrazone groups is 1. The maximum Gasteiger partial charge on any atom is 0.191 e. The summed E-state index contributed by atoms with van der Waals surface area (Å²) in [4.78, 5) is 0. The lowest BCUT2D eigenvalue weighted by Crippen LogP contribution is -2.27. The molecule has 0 saturated heterocycles. The molecule has 0 spiro atoms. The molecule has 0 fully saturated rings. The number of benzene rings is 1. The molecule has 21 heavy (non-hydrogen) atoms. The maximum atomic E-state index is 5.85. The summed E-state index contributed by atoms with van der Waals surface area (Å²) in [5, 5.41) is 8.65. The van der Waals surface area contributed by atoms with E-state index in [1.54, 1.807) is 0 Å². The van der Waals surface area contributed by atoms with E-state index in [1.807, 2.05) is 24.3 Å². The molecule has 0 amide bonds. The molecule has 3 nitrogen and oxygen atoms in total. The Kier molecular flexibility index (Phi) is 5.01. The molecule has 0 aromatic heterocycles. The number of allylic oxidation sites excluding steroid dienone is 2. The van der Waals surface area contributed by atoms with Crippen molar-refractivity contribution in [3.63, 3.8) is 0 Å². The van der Waals surface area contributed by atoms with Crippen molar-refractivity contribution >= 4 is 40.3 Å². The number of anilines is 1. The van der Waals surface area contributed by atoms with Crippen LogP contribution in [0.4, 0.5) is 5.69 Å². The van der Waals surface area contributed by atoms with Crippen LogP contribution in [0, 0.1) is 5.41 Å². The summed E-state index contributed by atoms with van der Waals surface area (Å²) in [5.41, 5.74) is 6.42. The molecular weight excluding hydrogens is 302 g/mol. The zero-order valence-electron chi connectivity index (χ0n) is 12.5. The number of hydrogen-bond donors (Lipinski definition) is 2. The van der Waals surface area contributed by atoms with Crippen LogP contribution in [0.3, 0.4) is 0 Å². The monoisotopic (exact) mass is 321 g/mol. The first-order valence-electron chi connectivity index (χ1n) is 6.90. The number of nitrogens with one attached hydrogen (secondary N) is 2. The summed E-state index contributed by atoms with van der Waals surface area (Å²) in [7, 11) is 0. The predicted octanol–water partition coefficient (Wildman–Crippen LogP) is 4.75. The van der Waals surface area contributed by atoms with Gasteiger partial charge in [-0.15, -0.1) is 0 Å². The maximum absolute atomic E-state index is 5.85. The molecule has 1 aromatic rings. The second-order valence-electron chi connectivity index (χ2n) is 6.18. The Hall–Kier alpha value is -1.39. The fraction of sp³-hybridized carbons (Fsp3) is 0.375.